The van der Waals surface area contributed by atoms with Crippen LogP contribution in [0.5, 0.6) is 0 Å². The summed E-state index contributed by atoms with van der Waals surface area (Å²) in [6.07, 6.45) is 1.24. The summed E-state index contributed by atoms with van der Waals surface area (Å²) in [5.41, 5.74) is 8.63. The van der Waals surface area contributed by atoms with E-state index in [9.17, 15) is 4.79 Å². The van der Waals surface area contributed by atoms with Gasteiger partial charge in [-0.15, -0.1) is 0 Å². The minimum absolute atomic E-state index is 0.0284. The molecule has 0 saturated carbocycles. The van der Waals surface area contributed by atoms with Crippen LogP contribution >= 0.6 is 0 Å². The molecule has 0 spiro atoms. The second kappa shape index (κ2) is 4.83. The van der Waals surface area contributed by atoms with Crippen molar-refractivity contribution >= 4 is 12.0 Å². The van der Waals surface area contributed by atoms with Crippen LogP contribution in [0.15, 0.2) is 15.0 Å². The third-order valence-corrected chi connectivity index (χ3v) is 2.31. The normalized spacial score (nSPS) is 9.94. The first-order chi connectivity index (χ1) is 8.08. The van der Waals surface area contributed by atoms with Crippen molar-refractivity contribution in [2.24, 2.45) is 23.1 Å². The molecule has 0 atom stereocenters. The number of hydrogen-bond acceptors (Lipinski definition) is 5. The molecule has 8 nitrogen and oxygen atoms in total. The predicted octanol–water partition coefficient (Wildman–Crippen LogP) is 0.800. The molecule has 0 aliphatic rings. The van der Waals surface area contributed by atoms with Crippen LogP contribution in [0.3, 0.4) is 0 Å². The van der Waals surface area contributed by atoms with E-state index < -0.39 is 5.56 Å². The maximum absolute atomic E-state index is 11.8. The van der Waals surface area contributed by atoms with Gasteiger partial charge in [-0.1, -0.05) is 0 Å². The van der Waals surface area contributed by atoms with Gasteiger partial charge in [0.25, 0.3) is 5.56 Å². The summed E-state index contributed by atoms with van der Waals surface area (Å²) in [6, 6.07) is 1.80. The van der Waals surface area contributed by atoms with Gasteiger partial charge >= 0.3 is 0 Å². The molecule has 0 aliphatic carbocycles. The van der Waals surface area contributed by atoms with Crippen LogP contribution in [0.25, 0.3) is 10.4 Å². The van der Waals surface area contributed by atoms with Crippen molar-refractivity contribution in [1.82, 2.24) is 4.57 Å². The minimum atomic E-state index is -0.526. The van der Waals surface area contributed by atoms with Crippen LogP contribution in [0, 0.1) is 18.3 Å². The molecule has 0 unspecified atom stereocenters. The fourth-order valence-electron chi connectivity index (χ4n) is 1.43. The maximum Gasteiger partial charge on any atom is 0.268 e. The highest BCUT2D eigenvalue weighted by Crippen LogP contribution is 2.20. The molecule has 0 amide bonds. The monoisotopic (exact) mass is 231 g/mol. The third kappa shape index (κ3) is 1.95. The first-order valence-corrected chi connectivity index (χ1v) is 4.50. The zero-order valence-corrected chi connectivity index (χ0v) is 9.25. The number of azide groups is 1. The Kier molecular flexibility index (Phi) is 3.49. The second-order valence-corrected chi connectivity index (χ2v) is 3.18. The largest absolute Gasteiger partial charge is 0.323 e. The lowest BCUT2D eigenvalue weighted by Crippen LogP contribution is -2.22. The lowest BCUT2D eigenvalue weighted by molar-refractivity contribution is 0.847. The van der Waals surface area contributed by atoms with Crippen LogP contribution in [-0.2, 0) is 7.05 Å². The van der Waals surface area contributed by atoms with E-state index in [1.165, 1.54) is 13.3 Å². The summed E-state index contributed by atoms with van der Waals surface area (Å²) in [5, 5.41) is 15.6. The van der Waals surface area contributed by atoms with E-state index in [1.807, 2.05) is 0 Å². The first kappa shape index (κ1) is 12.3. The summed E-state index contributed by atoms with van der Waals surface area (Å²) in [6.45, 7) is 1.56. The summed E-state index contributed by atoms with van der Waals surface area (Å²) in [7, 11) is 1.40. The Morgan fingerprint density at radius 1 is 1.65 bits per heavy atom. The van der Waals surface area contributed by atoms with Gasteiger partial charge < -0.3 is 10.4 Å². The van der Waals surface area contributed by atoms with Crippen molar-refractivity contribution in [3.05, 3.63) is 37.5 Å². The van der Waals surface area contributed by atoms with Crippen molar-refractivity contribution in [1.29, 1.82) is 5.26 Å². The Morgan fingerprint density at radius 3 is 2.76 bits per heavy atom. The van der Waals surface area contributed by atoms with Crippen LogP contribution < -0.4 is 11.4 Å². The van der Waals surface area contributed by atoms with E-state index in [0.29, 0.717) is 11.1 Å². The molecule has 0 bridgehead atoms. The number of nitrogens with zero attached hydrogens (tertiary/aromatic N) is 6. The zero-order valence-electron chi connectivity index (χ0n) is 9.25. The Labute approximate surface area is 96.2 Å². The Morgan fingerprint density at radius 2 is 2.29 bits per heavy atom. The summed E-state index contributed by atoms with van der Waals surface area (Å²) < 4.78 is 1.09. The van der Waals surface area contributed by atoms with Crippen LogP contribution in [0.2, 0.25) is 0 Å². The molecular weight excluding hydrogens is 222 g/mol. The van der Waals surface area contributed by atoms with Crippen molar-refractivity contribution < 1.29 is 0 Å². The van der Waals surface area contributed by atoms with Crippen molar-refractivity contribution in [2.75, 3.05) is 0 Å². The van der Waals surface area contributed by atoms with Crippen molar-refractivity contribution in [3.63, 3.8) is 0 Å². The minimum Gasteiger partial charge on any atom is -0.323 e. The third-order valence-electron chi connectivity index (χ3n) is 2.31. The number of hydrazone groups is 1. The fourth-order valence-corrected chi connectivity index (χ4v) is 1.43. The molecular formula is C9H9N7O. The van der Waals surface area contributed by atoms with Crippen LogP contribution in [-0.4, -0.2) is 10.8 Å². The topological polar surface area (TPSA) is 133 Å². The van der Waals surface area contributed by atoms with Gasteiger partial charge in [0.05, 0.1) is 6.21 Å². The van der Waals surface area contributed by atoms with Crippen LogP contribution in [0.1, 0.15) is 16.7 Å². The number of nitrogens with two attached hydrogens (primary N) is 1. The average molecular weight is 231 g/mol. The number of aromatic nitrogens is 1. The van der Waals surface area contributed by atoms with E-state index in [0.717, 1.165) is 4.57 Å². The Balaban J connectivity index is 3.91. The molecule has 2 N–H and O–H groups in total. The Hall–Kier alpha value is -2.78. The van der Waals surface area contributed by atoms with Gasteiger partial charge in [-0.2, -0.15) is 10.4 Å². The van der Waals surface area contributed by atoms with Gasteiger partial charge in [0.2, 0.25) is 0 Å². The molecule has 0 aromatic carbocycles. The molecule has 0 saturated heterocycles. The molecule has 0 radical (unpaired) electrons. The Bertz CT molecular complexity index is 628. The molecule has 8 heteroatoms. The molecule has 0 aliphatic heterocycles. The predicted molar refractivity (Wildman–Crippen MR) is 61.7 cm³/mol. The molecule has 1 heterocycles. The number of hydrogen-bond donors (Lipinski definition) is 1. The quantitative estimate of drug-likeness (QED) is 0.201. The van der Waals surface area contributed by atoms with E-state index in [-0.39, 0.29) is 11.4 Å². The lowest BCUT2D eigenvalue weighted by atomic mass is 10.1. The second-order valence-electron chi connectivity index (χ2n) is 3.18. The highest BCUT2D eigenvalue weighted by molar-refractivity contribution is 5.88. The van der Waals surface area contributed by atoms with Crippen LogP contribution in [0.4, 0.5) is 5.82 Å². The van der Waals surface area contributed by atoms with E-state index in [4.69, 9.17) is 16.6 Å². The number of nitriles is 1. The van der Waals surface area contributed by atoms with Gasteiger partial charge in [-0.25, -0.2) is 0 Å². The van der Waals surface area contributed by atoms with Gasteiger partial charge in [0.15, 0.2) is 0 Å². The number of pyridine rings is 1. The van der Waals surface area contributed by atoms with E-state index >= 15 is 0 Å². The molecule has 0 fully saturated rings. The lowest BCUT2D eigenvalue weighted by Gasteiger charge is -2.10. The van der Waals surface area contributed by atoms with E-state index in [2.05, 4.69) is 15.1 Å². The van der Waals surface area contributed by atoms with Gasteiger partial charge in [-0.05, 0) is 23.1 Å². The highest BCUT2D eigenvalue weighted by Gasteiger charge is 2.15. The molecule has 1 rings (SSSR count). The summed E-state index contributed by atoms with van der Waals surface area (Å²) >= 11 is 0. The molecule has 86 valence electrons. The van der Waals surface area contributed by atoms with Gasteiger partial charge in [0.1, 0.15) is 17.5 Å². The standard InChI is InChI=1S/C9H9N7O/c1-5-6(3-10)9(17)16(2)8(14-15-12)7(5)4-13-11/h4H,11H2,1-2H3/b13-4+. The van der Waals surface area contributed by atoms with Gasteiger partial charge in [-0.3, -0.25) is 4.79 Å². The van der Waals surface area contributed by atoms with Gasteiger partial charge in [0, 0.05) is 17.5 Å². The van der Waals surface area contributed by atoms with Crippen molar-refractivity contribution in [2.45, 2.75) is 6.92 Å². The van der Waals surface area contributed by atoms with Crippen molar-refractivity contribution in [3.8, 4) is 6.07 Å². The fraction of sp³-hybridized carbons (Fsp3) is 0.222. The van der Waals surface area contributed by atoms with E-state index in [1.54, 1.807) is 13.0 Å². The smallest absolute Gasteiger partial charge is 0.268 e. The summed E-state index contributed by atoms with van der Waals surface area (Å²) in [5.74, 6) is 5.11. The number of rotatable bonds is 2. The SMILES string of the molecule is Cc1c(/C=N/N)c(N=[N+]=[N-])n(C)c(=O)c1C#N. The first-order valence-electron chi connectivity index (χ1n) is 4.50. The highest BCUT2D eigenvalue weighted by atomic mass is 16.1. The summed E-state index contributed by atoms with van der Waals surface area (Å²) in [4.78, 5) is 14.4. The molecule has 17 heavy (non-hydrogen) atoms. The maximum atomic E-state index is 11.8. The zero-order chi connectivity index (χ0) is 13.0. The molecule has 1 aromatic heterocycles. The average Bonchev–Trinajstić information content (AvgIpc) is 2.31. The molecule has 1 aromatic rings.